The summed E-state index contributed by atoms with van der Waals surface area (Å²) >= 11 is 0. The van der Waals surface area contributed by atoms with E-state index >= 15 is 0 Å². The summed E-state index contributed by atoms with van der Waals surface area (Å²) in [6.07, 6.45) is 0. The lowest BCUT2D eigenvalue weighted by Gasteiger charge is -1.56. The predicted molar refractivity (Wildman–Crippen MR) is 21.3 cm³/mol. The second-order valence-electron chi connectivity index (χ2n) is 0.908. The maximum atomic E-state index is 9.44. The molecule has 2 heteroatoms. The molecule has 2 nitrogen and oxygen atoms in total. The summed E-state index contributed by atoms with van der Waals surface area (Å²) in [4.78, 5) is 9.44. The van der Waals surface area contributed by atoms with Crippen molar-refractivity contribution in [1.29, 1.82) is 5.26 Å². The van der Waals surface area contributed by atoms with Crippen LogP contribution in [-0.2, 0) is 4.79 Å². The number of hydrogen-bond donors (Lipinski definition) is 0. The van der Waals surface area contributed by atoms with Crippen molar-refractivity contribution in [1.82, 2.24) is 0 Å². The zero-order chi connectivity index (χ0) is 5.58. The van der Waals surface area contributed by atoms with Gasteiger partial charge in [0, 0.05) is 0 Å². The molecule has 0 aromatic carbocycles. The highest BCUT2D eigenvalue weighted by Crippen LogP contribution is 1.50. The van der Waals surface area contributed by atoms with Crippen LogP contribution in [0.4, 0.5) is 0 Å². The fraction of sp³-hybridized carbons (Fsp3) is 0.500. The Hall–Kier alpha value is -0.840. The van der Waals surface area contributed by atoms with E-state index in [4.69, 9.17) is 11.8 Å². The van der Waals surface area contributed by atoms with Gasteiger partial charge in [0.1, 0.15) is 5.78 Å². The number of carbonyl (C=O) groups is 1. The van der Waals surface area contributed by atoms with Crippen molar-refractivity contribution in [3.63, 3.8) is 0 Å². The third-order valence-electron chi connectivity index (χ3n) is 0. The molecular weight excluding hydrogens is 78.1 g/mol. The molecule has 0 bridgehead atoms. The van der Waals surface area contributed by atoms with Crippen molar-refractivity contribution < 1.29 is 4.79 Å². The fourth-order valence-electron chi connectivity index (χ4n) is 0. The van der Waals surface area contributed by atoms with E-state index in [0.717, 1.165) is 0 Å². The van der Waals surface area contributed by atoms with E-state index in [9.17, 15) is 4.79 Å². The molecule has 0 aliphatic carbocycles. The lowest BCUT2D eigenvalue weighted by atomic mass is 10.6. The minimum atomic E-state index is 0.167. The van der Waals surface area contributed by atoms with Crippen LogP contribution >= 0.6 is 0 Å². The van der Waals surface area contributed by atoms with Crippen molar-refractivity contribution in [3.05, 3.63) is 6.57 Å². The van der Waals surface area contributed by atoms with E-state index in [1.54, 1.807) is 0 Å². The van der Waals surface area contributed by atoms with Crippen LogP contribution in [0.3, 0.4) is 0 Å². The standard InChI is InChI=1S/C3H6O.CN/c1-3(2)4;1-2/h1-2H3;/q;-1. The molecule has 0 aromatic rings. The molecule has 0 radical (unpaired) electrons. The highest BCUT2D eigenvalue weighted by atomic mass is 16.1. The van der Waals surface area contributed by atoms with Gasteiger partial charge in [-0.25, -0.2) is 0 Å². The lowest BCUT2D eigenvalue weighted by molar-refractivity contribution is -0.114. The Morgan fingerprint density at radius 2 is 1.50 bits per heavy atom. The van der Waals surface area contributed by atoms with E-state index in [0.29, 0.717) is 0 Å². The minimum absolute atomic E-state index is 0.167. The Morgan fingerprint density at radius 1 is 1.50 bits per heavy atom. The highest BCUT2D eigenvalue weighted by Gasteiger charge is 1.62. The molecule has 0 N–H and O–H groups in total. The maximum absolute atomic E-state index is 9.44. The number of ketones is 1. The van der Waals surface area contributed by atoms with E-state index in [1.165, 1.54) is 13.8 Å². The lowest BCUT2D eigenvalue weighted by Crippen LogP contribution is -1.69. The SMILES string of the molecule is CC(C)=O.[C-]#N. The van der Waals surface area contributed by atoms with Gasteiger partial charge in [-0.15, -0.1) is 0 Å². The first-order chi connectivity index (χ1) is 2.73. The fourth-order valence-corrected chi connectivity index (χ4v) is 0. The number of nitrogens with zero attached hydrogens (tertiary/aromatic N) is 1. The van der Waals surface area contributed by atoms with Crippen molar-refractivity contribution in [2.24, 2.45) is 0 Å². The van der Waals surface area contributed by atoms with Crippen LogP contribution in [-0.4, -0.2) is 5.78 Å². The third-order valence-corrected chi connectivity index (χ3v) is 0. The number of carbonyl (C=O) groups excluding carboxylic acids is 1. The van der Waals surface area contributed by atoms with Crippen molar-refractivity contribution in [2.75, 3.05) is 0 Å². The summed E-state index contributed by atoms with van der Waals surface area (Å²) in [6.45, 7) is 7.81. The zero-order valence-corrected chi connectivity index (χ0v) is 3.86. The number of hydrogen-bond acceptors (Lipinski definition) is 2. The number of Topliss-reactive ketones (excluding diaryl/α,β-unsaturated/α-hetero) is 1. The molecule has 0 unspecified atom stereocenters. The van der Waals surface area contributed by atoms with E-state index in [-0.39, 0.29) is 5.78 Å². The van der Waals surface area contributed by atoms with Gasteiger partial charge < -0.3 is 16.6 Å². The van der Waals surface area contributed by atoms with Gasteiger partial charge in [0.2, 0.25) is 0 Å². The van der Waals surface area contributed by atoms with Crippen LogP contribution in [0.2, 0.25) is 0 Å². The molecular formula is C4H6NO-. The van der Waals surface area contributed by atoms with Crippen LogP contribution < -0.4 is 0 Å². The van der Waals surface area contributed by atoms with Gasteiger partial charge in [-0.1, -0.05) is 0 Å². The van der Waals surface area contributed by atoms with Crippen molar-refractivity contribution in [3.8, 4) is 0 Å². The van der Waals surface area contributed by atoms with Gasteiger partial charge in [-0.2, -0.15) is 0 Å². The Morgan fingerprint density at radius 3 is 1.50 bits per heavy atom. The van der Waals surface area contributed by atoms with Crippen molar-refractivity contribution in [2.45, 2.75) is 13.8 Å². The first-order valence-corrected chi connectivity index (χ1v) is 1.43. The van der Waals surface area contributed by atoms with Gasteiger partial charge in [-0.3, -0.25) is 0 Å². The van der Waals surface area contributed by atoms with Crippen LogP contribution in [0, 0.1) is 11.8 Å². The molecule has 6 heavy (non-hydrogen) atoms. The molecule has 0 aliphatic rings. The van der Waals surface area contributed by atoms with Gasteiger partial charge in [0.25, 0.3) is 0 Å². The Kier molecular flexibility index (Phi) is 13.3. The third kappa shape index (κ3) is 20.9. The normalized spacial score (nSPS) is 4.67. The summed E-state index contributed by atoms with van der Waals surface area (Å²) in [5.74, 6) is 0.167. The molecule has 0 rings (SSSR count). The van der Waals surface area contributed by atoms with Crippen LogP contribution in [0.1, 0.15) is 13.8 Å². The van der Waals surface area contributed by atoms with E-state index in [2.05, 4.69) is 0 Å². The van der Waals surface area contributed by atoms with Gasteiger partial charge in [0.15, 0.2) is 0 Å². The largest absolute Gasteiger partial charge is 0.512 e. The summed E-state index contributed by atoms with van der Waals surface area (Å²) < 4.78 is 0. The quantitative estimate of drug-likeness (QED) is 0.405. The molecule has 0 aliphatic heterocycles. The zero-order valence-electron chi connectivity index (χ0n) is 3.86. The molecule has 0 aromatic heterocycles. The molecule has 0 heterocycles. The first-order valence-electron chi connectivity index (χ1n) is 1.43. The van der Waals surface area contributed by atoms with Gasteiger partial charge >= 0.3 is 0 Å². The maximum Gasteiger partial charge on any atom is 0.126 e. The van der Waals surface area contributed by atoms with Gasteiger partial charge in [0.05, 0.1) is 0 Å². The van der Waals surface area contributed by atoms with E-state index in [1.807, 2.05) is 0 Å². The highest BCUT2D eigenvalue weighted by molar-refractivity contribution is 5.72. The van der Waals surface area contributed by atoms with Crippen LogP contribution in [0.15, 0.2) is 0 Å². The molecule has 0 atom stereocenters. The van der Waals surface area contributed by atoms with Gasteiger partial charge in [-0.05, 0) is 13.8 Å². The Bertz CT molecular complexity index is 51.8. The molecule has 0 amide bonds. The topological polar surface area (TPSA) is 40.9 Å². The summed E-state index contributed by atoms with van der Waals surface area (Å²) in [7, 11) is 0. The Balaban J connectivity index is 0. The van der Waals surface area contributed by atoms with Crippen molar-refractivity contribution >= 4 is 5.78 Å². The average Bonchev–Trinajstić information content (AvgIpc) is 1.41. The monoisotopic (exact) mass is 84.0 g/mol. The Labute approximate surface area is 37.4 Å². The number of rotatable bonds is 0. The molecule has 0 spiro atoms. The summed E-state index contributed by atoms with van der Waals surface area (Å²) in [5, 5.41) is 6.25. The summed E-state index contributed by atoms with van der Waals surface area (Å²) in [6, 6.07) is 0. The second kappa shape index (κ2) is 8.90. The summed E-state index contributed by atoms with van der Waals surface area (Å²) in [5.41, 5.74) is 0. The van der Waals surface area contributed by atoms with Crippen LogP contribution in [0.25, 0.3) is 0 Å². The molecule has 0 saturated carbocycles. The molecule has 0 saturated heterocycles. The predicted octanol–water partition coefficient (Wildman–Crippen LogP) is 0.692. The second-order valence-corrected chi connectivity index (χ2v) is 0.908. The van der Waals surface area contributed by atoms with E-state index < -0.39 is 0 Å². The van der Waals surface area contributed by atoms with Crippen LogP contribution in [0.5, 0.6) is 0 Å². The average molecular weight is 84.1 g/mol. The molecule has 0 fully saturated rings. The first kappa shape index (κ1) is 8.94. The smallest absolute Gasteiger partial charge is 0.126 e. The molecule has 34 valence electrons. The minimum Gasteiger partial charge on any atom is -0.512 e.